The van der Waals surface area contributed by atoms with Crippen LogP contribution in [0.4, 0.5) is 0 Å². The molecule has 0 atom stereocenters. The lowest BCUT2D eigenvalue weighted by atomic mass is 10.1. The molecule has 0 radical (unpaired) electrons. The summed E-state index contributed by atoms with van der Waals surface area (Å²) in [4.78, 5) is 0.341. The monoisotopic (exact) mass is 319 g/mol. The summed E-state index contributed by atoms with van der Waals surface area (Å²) in [5.74, 6) is 0. The van der Waals surface area contributed by atoms with Crippen molar-refractivity contribution in [3.63, 3.8) is 0 Å². The van der Waals surface area contributed by atoms with Crippen LogP contribution in [0.25, 0.3) is 0 Å². The van der Waals surface area contributed by atoms with Crippen molar-refractivity contribution in [3.8, 4) is 0 Å². The molecular weight excluding hydrogens is 302 g/mol. The number of aryl methyl sites for hydroxylation is 2. The minimum absolute atomic E-state index is 0.341. The third kappa shape index (κ3) is 3.79. The van der Waals surface area contributed by atoms with Crippen LogP contribution in [0, 0.1) is 13.8 Å². The molecule has 1 N–H and O–H groups in total. The molecule has 0 unspecified atom stereocenters. The van der Waals surface area contributed by atoms with Crippen LogP contribution >= 0.6 is 15.9 Å². The topological polar surface area (TPSA) is 46.2 Å². The lowest BCUT2D eigenvalue weighted by molar-refractivity contribution is 0.491. The predicted octanol–water partition coefficient (Wildman–Crippen LogP) is 3.14. The second-order valence-electron chi connectivity index (χ2n) is 5.22. The van der Waals surface area contributed by atoms with E-state index in [1.54, 1.807) is 13.0 Å². The molecule has 1 rings (SSSR count). The zero-order chi connectivity index (χ0) is 13.4. The fourth-order valence-corrected chi connectivity index (χ4v) is 3.69. The van der Waals surface area contributed by atoms with Gasteiger partial charge in [-0.15, -0.1) is 0 Å². The predicted molar refractivity (Wildman–Crippen MR) is 73.7 cm³/mol. The second-order valence-corrected chi connectivity index (χ2v) is 7.73. The van der Waals surface area contributed by atoms with E-state index in [2.05, 4.69) is 20.7 Å². The second kappa shape index (κ2) is 4.71. The van der Waals surface area contributed by atoms with E-state index in [0.717, 1.165) is 15.6 Å². The highest BCUT2D eigenvalue weighted by Crippen LogP contribution is 2.24. The highest BCUT2D eigenvalue weighted by atomic mass is 79.9. The summed E-state index contributed by atoms with van der Waals surface area (Å²) in [6.45, 7) is 9.14. The van der Waals surface area contributed by atoms with Crippen molar-refractivity contribution in [1.82, 2.24) is 4.72 Å². The molecule has 0 heterocycles. The first kappa shape index (κ1) is 14.7. The van der Waals surface area contributed by atoms with Gasteiger partial charge in [-0.2, -0.15) is 0 Å². The number of halogens is 1. The first-order valence-corrected chi connectivity index (χ1v) is 7.61. The van der Waals surface area contributed by atoms with E-state index >= 15 is 0 Å². The molecule has 0 fully saturated rings. The van der Waals surface area contributed by atoms with Gasteiger partial charge < -0.3 is 0 Å². The molecule has 0 amide bonds. The molecule has 0 bridgehead atoms. The molecule has 17 heavy (non-hydrogen) atoms. The lowest BCUT2D eigenvalue weighted by Gasteiger charge is -2.21. The lowest BCUT2D eigenvalue weighted by Crippen LogP contribution is -2.40. The SMILES string of the molecule is Cc1cc(S(=O)(=O)NC(C)(C)C)c(C)cc1Br. The Morgan fingerprint density at radius 3 is 2.12 bits per heavy atom. The van der Waals surface area contributed by atoms with Gasteiger partial charge in [0.15, 0.2) is 0 Å². The van der Waals surface area contributed by atoms with Gasteiger partial charge in [-0.25, -0.2) is 13.1 Å². The normalized spacial score (nSPS) is 12.8. The van der Waals surface area contributed by atoms with Gasteiger partial charge in [-0.05, 0) is 57.9 Å². The molecule has 0 spiro atoms. The summed E-state index contributed by atoms with van der Waals surface area (Å²) in [7, 11) is -3.46. The molecule has 96 valence electrons. The Balaban J connectivity index is 3.30. The van der Waals surface area contributed by atoms with Crippen molar-refractivity contribution < 1.29 is 8.42 Å². The Morgan fingerprint density at radius 2 is 1.65 bits per heavy atom. The van der Waals surface area contributed by atoms with Gasteiger partial charge in [0.05, 0.1) is 4.90 Å². The zero-order valence-electron chi connectivity index (χ0n) is 10.8. The van der Waals surface area contributed by atoms with E-state index in [0.29, 0.717) is 4.90 Å². The third-order valence-corrected chi connectivity index (χ3v) is 4.94. The average molecular weight is 320 g/mol. The van der Waals surface area contributed by atoms with Gasteiger partial charge in [0.25, 0.3) is 0 Å². The maximum Gasteiger partial charge on any atom is 0.241 e. The smallest absolute Gasteiger partial charge is 0.207 e. The first-order valence-electron chi connectivity index (χ1n) is 5.34. The van der Waals surface area contributed by atoms with Gasteiger partial charge in [0.1, 0.15) is 0 Å². The van der Waals surface area contributed by atoms with Gasteiger partial charge in [-0.3, -0.25) is 0 Å². The summed E-state index contributed by atoms with van der Waals surface area (Å²) in [5.41, 5.74) is 1.16. The standard InChI is InChI=1S/C12H18BrNO2S/c1-8-7-11(9(2)6-10(8)13)17(15,16)14-12(3,4)5/h6-7,14H,1-5H3. The van der Waals surface area contributed by atoms with E-state index in [-0.39, 0.29) is 0 Å². The molecule has 5 heteroatoms. The molecule has 0 aliphatic rings. The summed E-state index contributed by atoms with van der Waals surface area (Å²) in [6, 6.07) is 3.51. The minimum Gasteiger partial charge on any atom is -0.207 e. The van der Waals surface area contributed by atoms with E-state index < -0.39 is 15.6 Å². The number of hydrogen-bond acceptors (Lipinski definition) is 2. The van der Waals surface area contributed by atoms with Crippen molar-refractivity contribution in [2.45, 2.75) is 45.1 Å². The minimum atomic E-state index is -3.46. The summed E-state index contributed by atoms with van der Waals surface area (Å²) in [5, 5.41) is 0. The van der Waals surface area contributed by atoms with Gasteiger partial charge in [-0.1, -0.05) is 15.9 Å². The maximum absolute atomic E-state index is 12.2. The molecule has 3 nitrogen and oxygen atoms in total. The molecule has 1 aromatic rings. The Hall–Kier alpha value is -0.390. The number of benzene rings is 1. The van der Waals surface area contributed by atoms with E-state index in [9.17, 15) is 8.42 Å². The van der Waals surface area contributed by atoms with Crippen LogP contribution in [0.2, 0.25) is 0 Å². The van der Waals surface area contributed by atoms with Crippen LogP contribution in [0.3, 0.4) is 0 Å². The molecule has 0 aromatic heterocycles. The first-order chi connectivity index (χ1) is 7.53. The van der Waals surface area contributed by atoms with Crippen LogP contribution in [-0.2, 0) is 10.0 Å². The number of hydrogen-bond donors (Lipinski definition) is 1. The quantitative estimate of drug-likeness (QED) is 0.910. The van der Waals surface area contributed by atoms with Gasteiger partial charge in [0.2, 0.25) is 10.0 Å². The number of rotatable bonds is 2. The Kier molecular flexibility index (Phi) is 4.06. The number of nitrogens with one attached hydrogen (secondary N) is 1. The summed E-state index contributed by atoms with van der Waals surface area (Å²) < 4.78 is 28.0. The average Bonchev–Trinajstić information content (AvgIpc) is 2.06. The third-order valence-electron chi connectivity index (χ3n) is 2.19. The molecule has 0 aliphatic carbocycles. The summed E-state index contributed by atoms with van der Waals surface area (Å²) >= 11 is 3.39. The molecule has 0 aliphatic heterocycles. The zero-order valence-corrected chi connectivity index (χ0v) is 13.2. The van der Waals surface area contributed by atoms with Crippen molar-refractivity contribution >= 4 is 26.0 Å². The Labute approximate surface area is 112 Å². The van der Waals surface area contributed by atoms with Crippen LogP contribution in [-0.4, -0.2) is 14.0 Å². The van der Waals surface area contributed by atoms with Crippen molar-refractivity contribution in [2.24, 2.45) is 0 Å². The van der Waals surface area contributed by atoms with Crippen LogP contribution < -0.4 is 4.72 Å². The van der Waals surface area contributed by atoms with Crippen molar-refractivity contribution in [2.75, 3.05) is 0 Å². The number of sulfonamides is 1. The highest BCUT2D eigenvalue weighted by molar-refractivity contribution is 9.10. The van der Waals surface area contributed by atoms with Gasteiger partial charge in [0, 0.05) is 10.0 Å². The molecular formula is C12H18BrNO2S. The fourth-order valence-electron chi connectivity index (χ4n) is 1.50. The fraction of sp³-hybridized carbons (Fsp3) is 0.500. The van der Waals surface area contributed by atoms with Gasteiger partial charge >= 0.3 is 0 Å². The molecule has 0 saturated carbocycles. The van der Waals surface area contributed by atoms with Crippen molar-refractivity contribution in [1.29, 1.82) is 0 Å². The van der Waals surface area contributed by atoms with E-state index in [1.807, 2.05) is 33.8 Å². The van der Waals surface area contributed by atoms with Crippen LogP contribution in [0.5, 0.6) is 0 Å². The largest absolute Gasteiger partial charge is 0.241 e. The molecule has 1 aromatic carbocycles. The maximum atomic E-state index is 12.2. The summed E-state index contributed by atoms with van der Waals surface area (Å²) in [6.07, 6.45) is 0. The highest BCUT2D eigenvalue weighted by Gasteiger charge is 2.23. The Morgan fingerprint density at radius 1 is 1.12 bits per heavy atom. The van der Waals surface area contributed by atoms with E-state index in [4.69, 9.17) is 0 Å². The van der Waals surface area contributed by atoms with Crippen molar-refractivity contribution in [3.05, 3.63) is 27.7 Å². The van der Waals surface area contributed by atoms with E-state index in [1.165, 1.54) is 0 Å². The Bertz CT molecular complexity index is 530. The van der Waals surface area contributed by atoms with Crippen LogP contribution in [0.1, 0.15) is 31.9 Å². The molecule has 0 saturated heterocycles. The van der Waals surface area contributed by atoms with Crippen LogP contribution in [0.15, 0.2) is 21.5 Å².